The molecule has 0 unspecified atom stereocenters. The third kappa shape index (κ3) is 4.53. The van der Waals surface area contributed by atoms with Crippen molar-refractivity contribution in [2.75, 3.05) is 6.54 Å². The number of aliphatic hydroxyl groups excluding tert-OH is 1. The van der Waals surface area contributed by atoms with E-state index in [0.717, 1.165) is 17.0 Å². The summed E-state index contributed by atoms with van der Waals surface area (Å²) in [6, 6.07) is 14.1. The fourth-order valence-corrected chi connectivity index (χ4v) is 2.45. The highest BCUT2D eigenvalue weighted by Gasteiger charge is 2.13. The summed E-state index contributed by atoms with van der Waals surface area (Å²) in [5, 5.41) is 14.0. The van der Waals surface area contributed by atoms with Crippen molar-refractivity contribution in [3.05, 3.63) is 70.5 Å². The second-order valence-electron chi connectivity index (χ2n) is 5.14. The Morgan fingerprint density at radius 2 is 1.81 bits per heavy atom. The lowest BCUT2D eigenvalue weighted by Crippen LogP contribution is -2.32. The maximum Gasteiger partial charge on any atom is 0.129 e. The van der Waals surface area contributed by atoms with Gasteiger partial charge >= 0.3 is 0 Å². The first-order chi connectivity index (χ1) is 10.1. The lowest BCUT2D eigenvalue weighted by Gasteiger charge is -2.18. The lowest BCUT2D eigenvalue weighted by atomic mass is 10.1. The van der Waals surface area contributed by atoms with Crippen molar-refractivity contribution < 1.29 is 9.50 Å². The Bertz CT molecular complexity index is 591. The highest BCUT2D eigenvalue weighted by molar-refractivity contribution is 6.31. The van der Waals surface area contributed by atoms with E-state index in [1.807, 2.05) is 31.2 Å². The van der Waals surface area contributed by atoms with Crippen molar-refractivity contribution in [2.45, 2.75) is 25.5 Å². The molecule has 2 aromatic carbocycles. The van der Waals surface area contributed by atoms with Gasteiger partial charge in [0.2, 0.25) is 0 Å². The lowest BCUT2D eigenvalue weighted by molar-refractivity contribution is 0.166. The monoisotopic (exact) mass is 307 g/mol. The van der Waals surface area contributed by atoms with Gasteiger partial charge in [-0.25, -0.2) is 4.39 Å². The van der Waals surface area contributed by atoms with Crippen molar-refractivity contribution in [1.29, 1.82) is 0 Å². The molecule has 0 bridgehead atoms. The molecule has 0 saturated heterocycles. The Kier molecular flexibility index (Phi) is 5.74. The molecule has 0 fully saturated rings. The fraction of sp³-hybridized carbons (Fsp3) is 0.294. The molecule has 4 heteroatoms. The first kappa shape index (κ1) is 16.0. The molecule has 2 N–H and O–H groups in total. The van der Waals surface area contributed by atoms with Gasteiger partial charge in [-0.05, 0) is 31.0 Å². The van der Waals surface area contributed by atoms with Crippen molar-refractivity contribution >= 4 is 11.6 Å². The average Bonchev–Trinajstić information content (AvgIpc) is 2.48. The summed E-state index contributed by atoms with van der Waals surface area (Å²) in [4.78, 5) is 0. The van der Waals surface area contributed by atoms with Crippen LogP contribution in [0.5, 0.6) is 0 Å². The SMILES string of the molecule is C[C@H](Cc1ccccc1Cl)NC[C@H](O)c1ccccc1F. The normalized spacial score (nSPS) is 13.9. The van der Waals surface area contributed by atoms with E-state index in [9.17, 15) is 9.50 Å². The van der Waals surface area contributed by atoms with Crippen molar-refractivity contribution in [3.63, 3.8) is 0 Å². The second kappa shape index (κ2) is 7.55. The molecular weight excluding hydrogens is 289 g/mol. The predicted octanol–water partition coefficient (Wildman–Crippen LogP) is 3.73. The molecule has 0 spiro atoms. The van der Waals surface area contributed by atoms with Crippen LogP contribution in [0.1, 0.15) is 24.2 Å². The van der Waals surface area contributed by atoms with E-state index in [4.69, 9.17) is 11.6 Å². The summed E-state index contributed by atoms with van der Waals surface area (Å²) in [5.74, 6) is -0.384. The van der Waals surface area contributed by atoms with Crippen molar-refractivity contribution in [2.24, 2.45) is 0 Å². The maximum absolute atomic E-state index is 13.6. The van der Waals surface area contributed by atoms with E-state index >= 15 is 0 Å². The van der Waals surface area contributed by atoms with E-state index in [1.54, 1.807) is 18.2 Å². The summed E-state index contributed by atoms with van der Waals surface area (Å²) in [6.45, 7) is 2.31. The Morgan fingerprint density at radius 3 is 2.52 bits per heavy atom. The molecule has 0 aliphatic heterocycles. The van der Waals surface area contributed by atoms with Crippen molar-refractivity contribution in [3.8, 4) is 0 Å². The molecule has 2 atom stereocenters. The van der Waals surface area contributed by atoms with Crippen LogP contribution in [0.25, 0.3) is 0 Å². The minimum absolute atomic E-state index is 0.131. The summed E-state index contributed by atoms with van der Waals surface area (Å²) >= 11 is 6.12. The molecule has 2 aromatic rings. The zero-order chi connectivity index (χ0) is 15.2. The smallest absolute Gasteiger partial charge is 0.129 e. The van der Waals surface area contributed by atoms with E-state index in [1.165, 1.54) is 6.07 Å². The quantitative estimate of drug-likeness (QED) is 0.852. The molecule has 0 saturated carbocycles. The van der Waals surface area contributed by atoms with Crippen LogP contribution in [0.4, 0.5) is 4.39 Å². The standard InChI is InChI=1S/C17H19ClFNO/c1-12(10-13-6-2-4-8-15(13)18)20-11-17(21)14-7-3-5-9-16(14)19/h2-9,12,17,20-21H,10-11H2,1H3/t12-,17+/m1/s1. The number of aliphatic hydroxyl groups is 1. The van der Waals surface area contributed by atoms with E-state index < -0.39 is 6.10 Å². The number of nitrogens with one attached hydrogen (secondary N) is 1. The summed E-state index contributed by atoms with van der Waals surface area (Å²) in [7, 11) is 0. The fourth-order valence-electron chi connectivity index (χ4n) is 2.23. The zero-order valence-electron chi connectivity index (χ0n) is 11.9. The van der Waals surface area contributed by atoms with Crippen LogP contribution in [0.3, 0.4) is 0 Å². The molecule has 0 heterocycles. The molecule has 21 heavy (non-hydrogen) atoms. The molecule has 0 aliphatic carbocycles. The van der Waals surface area contributed by atoms with Gasteiger partial charge < -0.3 is 10.4 Å². The molecule has 112 valence electrons. The van der Waals surface area contributed by atoms with Gasteiger partial charge in [-0.3, -0.25) is 0 Å². The van der Waals surface area contributed by atoms with Crippen LogP contribution in [0.15, 0.2) is 48.5 Å². The largest absolute Gasteiger partial charge is 0.387 e. The maximum atomic E-state index is 13.6. The number of rotatable bonds is 6. The van der Waals surface area contributed by atoms with Gasteiger partial charge in [-0.15, -0.1) is 0 Å². The van der Waals surface area contributed by atoms with Crippen LogP contribution >= 0.6 is 11.6 Å². The molecule has 2 rings (SSSR count). The molecule has 0 aromatic heterocycles. The molecule has 0 amide bonds. The molecule has 2 nitrogen and oxygen atoms in total. The third-order valence-corrected chi connectivity index (χ3v) is 3.78. The summed E-state index contributed by atoms with van der Waals surface area (Å²) < 4.78 is 13.6. The highest BCUT2D eigenvalue weighted by Crippen LogP contribution is 2.18. The van der Waals surface area contributed by atoms with Gasteiger partial charge in [0.05, 0.1) is 6.10 Å². The Morgan fingerprint density at radius 1 is 1.14 bits per heavy atom. The number of benzene rings is 2. The minimum Gasteiger partial charge on any atom is -0.387 e. The first-order valence-electron chi connectivity index (χ1n) is 6.97. The van der Waals surface area contributed by atoms with Gasteiger partial charge in [-0.2, -0.15) is 0 Å². The zero-order valence-corrected chi connectivity index (χ0v) is 12.6. The predicted molar refractivity (Wildman–Crippen MR) is 84.0 cm³/mol. The molecule has 0 radical (unpaired) electrons. The topological polar surface area (TPSA) is 32.3 Å². The van der Waals surface area contributed by atoms with Gasteiger partial charge in [0.25, 0.3) is 0 Å². The number of hydrogen-bond donors (Lipinski definition) is 2. The van der Waals surface area contributed by atoms with E-state index in [2.05, 4.69) is 5.32 Å². The Labute approximate surface area is 129 Å². The van der Waals surface area contributed by atoms with E-state index in [-0.39, 0.29) is 11.9 Å². The van der Waals surface area contributed by atoms with Crippen molar-refractivity contribution in [1.82, 2.24) is 5.32 Å². The first-order valence-corrected chi connectivity index (χ1v) is 7.35. The van der Waals surface area contributed by atoms with Crippen LogP contribution in [-0.2, 0) is 6.42 Å². The molecule has 0 aliphatic rings. The van der Waals surface area contributed by atoms with Gasteiger partial charge in [0, 0.05) is 23.2 Å². The van der Waals surface area contributed by atoms with Gasteiger partial charge in [-0.1, -0.05) is 48.0 Å². The van der Waals surface area contributed by atoms with Gasteiger partial charge in [0.1, 0.15) is 5.82 Å². The second-order valence-corrected chi connectivity index (χ2v) is 5.55. The van der Waals surface area contributed by atoms with E-state index in [0.29, 0.717) is 12.1 Å². The Hall–Kier alpha value is -1.42. The van der Waals surface area contributed by atoms with Crippen LogP contribution in [-0.4, -0.2) is 17.7 Å². The summed E-state index contributed by atoms with van der Waals surface area (Å²) in [6.07, 6.45) is -0.108. The molecular formula is C17H19ClFNO. The van der Waals surface area contributed by atoms with Crippen LogP contribution < -0.4 is 5.32 Å². The van der Waals surface area contributed by atoms with Gasteiger partial charge in [0.15, 0.2) is 0 Å². The van der Waals surface area contributed by atoms with Crippen LogP contribution in [0.2, 0.25) is 5.02 Å². The number of hydrogen-bond acceptors (Lipinski definition) is 2. The highest BCUT2D eigenvalue weighted by atomic mass is 35.5. The average molecular weight is 308 g/mol. The third-order valence-electron chi connectivity index (χ3n) is 3.41. The minimum atomic E-state index is -0.861. The number of halogens is 2. The van der Waals surface area contributed by atoms with Crippen LogP contribution in [0, 0.1) is 5.82 Å². The Balaban J connectivity index is 1.88. The summed E-state index contributed by atoms with van der Waals surface area (Å²) in [5.41, 5.74) is 1.37.